The maximum atomic E-state index is 12.4. The number of nitrogens with one attached hydrogen (secondary N) is 1. The van der Waals surface area contributed by atoms with Crippen molar-refractivity contribution >= 4 is 40.1 Å². The smallest absolute Gasteiger partial charge is 0.253 e. The quantitative estimate of drug-likeness (QED) is 0.748. The lowest BCUT2D eigenvalue weighted by atomic mass is 9.95. The molecule has 0 spiro atoms. The van der Waals surface area contributed by atoms with Crippen LogP contribution in [0.2, 0.25) is 0 Å². The molecule has 0 aliphatic carbocycles. The molecule has 2 amide bonds. The molecule has 1 aliphatic heterocycles. The molecule has 3 rings (SSSR count). The summed E-state index contributed by atoms with van der Waals surface area (Å²) < 4.78 is 1.14. The van der Waals surface area contributed by atoms with Crippen LogP contribution in [0.25, 0.3) is 0 Å². The minimum Gasteiger partial charge on any atom is -0.339 e. The molecule has 1 saturated heterocycles. The second-order valence-electron chi connectivity index (χ2n) is 5.93. The van der Waals surface area contributed by atoms with Crippen molar-refractivity contribution in [2.75, 3.05) is 18.4 Å². The fourth-order valence-electron chi connectivity index (χ4n) is 2.89. The number of carbonyl (C=O) groups is 2. The van der Waals surface area contributed by atoms with Gasteiger partial charge < -0.3 is 10.2 Å². The summed E-state index contributed by atoms with van der Waals surface area (Å²) in [5.74, 6) is 0.0548. The summed E-state index contributed by atoms with van der Waals surface area (Å²) in [6.07, 6.45) is 1.41. The molecule has 2 aromatic carbocycles. The Labute approximate surface area is 155 Å². The van der Waals surface area contributed by atoms with Crippen LogP contribution in [0.1, 0.15) is 23.2 Å². The highest BCUT2D eigenvalue weighted by molar-refractivity contribution is 14.1. The van der Waals surface area contributed by atoms with Crippen molar-refractivity contribution in [1.82, 2.24) is 4.90 Å². The van der Waals surface area contributed by atoms with E-state index in [0.717, 1.165) is 9.26 Å². The zero-order chi connectivity index (χ0) is 16.9. The Morgan fingerprint density at radius 1 is 0.958 bits per heavy atom. The number of hydrogen-bond acceptors (Lipinski definition) is 2. The largest absolute Gasteiger partial charge is 0.339 e. The van der Waals surface area contributed by atoms with Crippen molar-refractivity contribution in [3.8, 4) is 0 Å². The number of benzene rings is 2. The van der Waals surface area contributed by atoms with Crippen molar-refractivity contribution in [3.63, 3.8) is 0 Å². The molecule has 0 bridgehead atoms. The molecular weight excluding hydrogens is 415 g/mol. The Kier molecular flexibility index (Phi) is 5.50. The molecule has 124 valence electrons. The standard InChI is InChI=1S/C19H19IN2O2/c20-16-6-8-17(9-7-16)21-18(23)14-10-12-22(13-11-14)19(24)15-4-2-1-3-5-15/h1-9,14H,10-13H2,(H,21,23). The number of nitrogens with zero attached hydrogens (tertiary/aromatic N) is 1. The average Bonchev–Trinajstić information content (AvgIpc) is 2.64. The highest BCUT2D eigenvalue weighted by Crippen LogP contribution is 2.21. The van der Waals surface area contributed by atoms with Crippen molar-refractivity contribution in [2.45, 2.75) is 12.8 Å². The van der Waals surface area contributed by atoms with E-state index in [-0.39, 0.29) is 17.7 Å². The monoisotopic (exact) mass is 434 g/mol. The molecule has 0 radical (unpaired) electrons. The van der Waals surface area contributed by atoms with E-state index in [1.807, 2.05) is 59.5 Å². The highest BCUT2D eigenvalue weighted by Gasteiger charge is 2.27. The van der Waals surface area contributed by atoms with E-state index in [4.69, 9.17) is 0 Å². The summed E-state index contributed by atoms with van der Waals surface area (Å²) in [7, 11) is 0. The summed E-state index contributed by atoms with van der Waals surface area (Å²) in [4.78, 5) is 26.6. The molecule has 1 aliphatic rings. The number of piperidine rings is 1. The molecule has 0 aromatic heterocycles. The van der Waals surface area contributed by atoms with Gasteiger partial charge in [-0.05, 0) is 71.8 Å². The molecule has 2 aromatic rings. The third-order valence-electron chi connectivity index (χ3n) is 4.29. The summed E-state index contributed by atoms with van der Waals surface area (Å²) in [6, 6.07) is 17.1. The second-order valence-corrected chi connectivity index (χ2v) is 7.17. The van der Waals surface area contributed by atoms with Crippen molar-refractivity contribution in [2.24, 2.45) is 5.92 Å². The van der Waals surface area contributed by atoms with E-state index in [1.165, 1.54) is 0 Å². The lowest BCUT2D eigenvalue weighted by molar-refractivity contribution is -0.121. The third kappa shape index (κ3) is 4.14. The number of hydrogen-bond donors (Lipinski definition) is 1. The van der Waals surface area contributed by atoms with E-state index in [0.29, 0.717) is 31.5 Å². The van der Waals surface area contributed by atoms with Crippen LogP contribution in [-0.4, -0.2) is 29.8 Å². The van der Waals surface area contributed by atoms with Crippen LogP contribution in [0.15, 0.2) is 54.6 Å². The molecule has 1 heterocycles. The van der Waals surface area contributed by atoms with Crippen LogP contribution in [0.4, 0.5) is 5.69 Å². The Bertz CT molecular complexity index is 708. The topological polar surface area (TPSA) is 49.4 Å². The van der Waals surface area contributed by atoms with Crippen LogP contribution >= 0.6 is 22.6 Å². The Morgan fingerprint density at radius 3 is 2.21 bits per heavy atom. The number of likely N-dealkylation sites (tertiary alicyclic amines) is 1. The SMILES string of the molecule is O=C(Nc1ccc(I)cc1)C1CCN(C(=O)c2ccccc2)CC1. The summed E-state index contributed by atoms with van der Waals surface area (Å²) in [5, 5.41) is 2.97. The first kappa shape index (κ1) is 17.0. The van der Waals surface area contributed by atoms with Gasteiger partial charge in [-0.2, -0.15) is 0 Å². The molecular formula is C19H19IN2O2. The molecule has 1 fully saturated rings. The summed E-state index contributed by atoms with van der Waals surface area (Å²) >= 11 is 2.24. The van der Waals surface area contributed by atoms with Gasteiger partial charge in [0.05, 0.1) is 0 Å². The molecule has 4 nitrogen and oxygen atoms in total. The third-order valence-corrected chi connectivity index (χ3v) is 5.00. The van der Waals surface area contributed by atoms with Gasteiger partial charge in [-0.1, -0.05) is 18.2 Å². The van der Waals surface area contributed by atoms with Gasteiger partial charge in [0, 0.05) is 33.8 Å². The van der Waals surface area contributed by atoms with E-state index >= 15 is 0 Å². The van der Waals surface area contributed by atoms with Gasteiger partial charge in [0.2, 0.25) is 5.91 Å². The first-order valence-corrected chi connectivity index (χ1v) is 9.12. The lowest BCUT2D eigenvalue weighted by Gasteiger charge is -2.31. The van der Waals surface area contributed by atoms with Crippen molar-refractivity contribution in [3.05, 3.63) is 63.7 Å². The first-order chi connectivity index (χ1) is 11.6. The van der Waals surface area contributed by atoms with E-state index < -0.39 is 0 Å². The normalized spacial score (nSPS) is 15.1. The Morgan fingerprint density at radius 2 is 1.58 bits per heavy atom. The van der Waals surface area contributed by atoms with Gasteiger partial charge in [0.25, 0.3) is 5.91 Å². The molecule has 0 unspecified atom stereocenters. The molecule has 5 heteroatoms. The van der Waals surface area contributed by atoms with Gasteiger partial charge in [-0.25, -0.2) is 0 Å². The maximum Gasteiger partial charge on any atom is 0.253 e. The zero-order valence-corrected chi connectivity index (χ0v) is 15.4. The number of rotatable bonds is 3. The van der Waals surface area contributed by atoms with Gasteiger partial charge in [0.1, 0.15) is 0 Å². The van der Waals surface area contributed by atoms with Gasteiger partial charge in [-0.15, -0.1) is 0 Å². The van der Waals surface area contributed by atoms with Gasteiger partial charge in [0.15, 0.2) is 0 Å². The van der Waals surface area contributed by atoms with Gasteiger partial charge in [-0.3, -0.25) is 9.59 Å². The minimum atomic E-state index is -0.0379. The van der Waals surface area contributed by atoms with Crippen LogP contribution in [-0.2, 0) is 4.79 Å². The fourth-order valence-corrected chi connectivity index (χ4v) is 3.25. The van der Waals surface area contributed by atoms with Crippen LogP contribution in [0.3, 0.4) is 0 Å². The van der Waals surface area contributed by atoms with E-state index in [1.54, 1.807) is 0 Å². The molecule has 0 atom stereocenters. The second kappa shape index (κ2) is 7.79. The minimum absolute atomic E-state index is 0.0379. The number of carbonyl (C=O) groups excluding carboxylic acids is 2. The molecule has 0 saturated carbocycles. The van der Waals surface area contributed by atoms with Crippen molar-refractivity contribution in [1.29, 1.82) is 0 Å². The molecule has 24 heavy (non-hydrogen) atoms. The molecule has 1 N–H and O–H groups in total. The van der Waals surface area contributed by atoms with E-state index in [2.05, 4.69) is 27.9 Å². The Hall–Kier alpha value is -1.89. The van der Waals surface area contributed by atoms with E-state index in [9.17, 15) is 9.59 Å². The predicted molar refractivity (Wildman–Crippen MR) is 103 cm³/mol. The van der Waals surface area contributed by atoms with Crippen LogP contribution in [0.5, 0.6) is 0 Å². The van der Waals surface area contributed by atoms with Gasteiger partial charge >= 0.3 is 0 Å². The fraction of sp³-hybridized carbons (Fsp3) is 0.263. The maximum absolute atomic E-state index is 12.4. The number of amides is 2. The number of halogens is 1. The first-order valence-electron chi connectivity index (χ1n) is 8.04. The van der Waals surface area contributed by atoms with Crippen LogP contribution < -0.4 is 5.32 Å². The average molecular weight is 434 g/mol. The number of anilines is 1. The summed E-state index contributed by atoms with van der Waals surface area (Å²) in [6.45, 7) is 1.25. The zero-order valence-electron chi connectivity index (χ0n) is 13.2. The Balaban J connectivity index is 1.54. The lowest BCUT2D eigenvalue weighted by Crippen LogP contribution is -2.41. The highest BCUT2D eigenvalue weighted by atomic mass is 127. The predicted octanol–water partition coefficient (Wildman–Crippen LogP) is 3.78. The van der Waals surface area contributed by atoms with Crippen LogP contribution in [0, 0.1) is 9.49 Å². The van der Waals surface area contributed by atoms with Crippen molar-refractivity contribution < 1.29 is 9.59 Å². The summed E-state index contributed by atoms with van der Waals surface area (Å²) in [5.41, 5.74) is 1.53.